The van der Waals surface area contributed by atoms with Crippen molar-refractivity contribution in [3.63, 3.8) is 0 Å². The lowest BCUT2D eigenvalue weighted by Crippen LogP contribution is -2.11. The second-order valence-electron chi connectivity index (χ2n) is 6.09. The van der Waals surface area contributed by atoms with Crippen molar-refractivity contribution in [2.75, 3.05) is 0 Å². The van der Waals surface area contributed by atoms with Crippen LogP contribution in [0.1, 0.15) is 49.3 Å². The molecule has 0 N–H and O–H groups in total. The Morgan fingerprint density at radius 2 is 1.52 bits per heavy atom. The fraction of sp³-hybridized carbons (Fsp3) is 0.238. The van der Waals surface area contributed by atoms with E-state index in [1.165, 1.54) is 27.8 Å². The molecule has 0 aliphatic heterocycles. The standard InChI is InChI=1S/C21H22/c1-15(2)16(3)21(18-10-5-4-6-11-18)20-14-13-17-9-7-8-12-19(17)20/h4-14,20-21H,1-3H3. The molecule has 0 heterocycles. The summed E-state index contributed by atoms with van der Waals surface area (Å²) in [4.78, 5) is 0. The predicted molar refractivity (Wildman–Crippen MR) is 91.4 cm³/mol. The summed E-state index contributed by atoms with van der Waals surface area (Å²) in [7, 11) is 0. The molecule has 0 saturated heterocycles. The summed E-state index contributed by atoms with van der Waals surface area (Å²) in [6.45, 7) is 6.72. The first-order valence-corrected chi connectivity index (χ1v) is 7.64. The van der Waals surface area contributed by atoms with E-state index in [2.05, 4.69) is 87.5 Å². The normalized spacial score (nSPS) is 17.4. The lowest BCUT2D eigenvalue weighted by molar-refractivity contribution is 0.701. The third kappa shape index (κ3) is 2.58. The van der Waals surface area contributed by atoms with Crippen LogP contribution in [-0.4, -0.2) is 0 Å². The predicted octanol–water partition coefficient (Wildman–Crippen LogP) is 5.94. The van der Waals surface area contributed by atoms with Crippen molar-refractivity contribution in [3.8, 4) is 0 Å². The first-order chi connectivity index (χ1) is 10.2. The number of hydrogen-bond donors (Lipinski definition) is 0. The van der Waals surface area contributed by atoms with Crippen molar-refractivity contribution in [2.24, 2.45) is 0 Å². The lowest BCUT2D eigenvalue weighted by atomic mass is 9.77. The van der Waals surface area contributed by atoms with E-state index in [9.17, 15) is 0 Å². The van der Waals surface area contributed by atoms with Gasteiger partial charge in [-0.15, -0.1) is 0 Å². The molecule has 0 nitrogen and oxygen atoms in total. The van der Waals surface area contributed by atoms with Gasteiger partial charge in [0.25, 0.3) is 0 Å². The minimum atomic E-state index is 0.427. The maximum atomic E-state index is 2.37. The molecule has 2 unspecified atom stereocenters. The zero-order valence-corrected chi connectivity index (χ0v) is 13.0. The highest BCUT2D eigenvalue weighted by molar-refractivity contribution is 5.64. The van der Waals surface area contributed by atoms with Crippen molar-refractivity contribution in [1.29, 1.82) is 0 Å². The van der Waals surface area contributed by atoms with E-state index in [0.29, 0.717) is 11.8 Å². The molecule has 1 aliphatic carbocycles. The van der Waals surface area contributed by atoms with Crippen LogP contribution >= 0.6 is 0 Å². The summed E-state index contributed by atoms with van der Waals surface area (Å²) in [6.07, 6.45) is 4.64. The Hall–Kier alpha value is -2.08. The Balaban J connectivity index is 2.10. The maximum absolute atomic E-state index is 2.37. The molecule has 2 aromatic carbocycles. The molecule has 0 heteroatoms. The zero-order valence-electron chi connectivity index (χ0n) is 13.0. The van der Waals surface area contributed by atoms with Gasteiger partial charge in [0, 0.05) is 11.8 Å². The molecule has 2 atom stereocenters. The van der Waals surface area contributed by atoms with Gasteiger partial charge in [0.1, 0.15) is 0 Å². The van der Waals surface area contributed by atoms with Crippen molar-refractivity contribution in [1.82, 2.24) is 0 Å². The zero-order chi connectivity index (χ0) is 14.8. The molecule has 2 aromatic rings. The molecule has 0 aromatic heterocycles. The molecule has 0 amide bonds. The smallest absolute Gasteiger partial charge is 0.0152 e. The van der Waals surface area contributed by atoms with Crippen LogP contribution in [0.4, 0.5) is 0 Å². The fourth-order valence-electron chi connectivity index (χ4n) is 3.27. The monoisotopic (exact) mass is 274 g/mol. The maximum Gasteiger partial charge on any atom is 0.0152 e. The van der Waals surface area contributed by atoms with Gasteiger partial charge >= 0.3 is 0 Å². The number of allylic oxidation sites excluding steroid dienone is 3. The fourth-order valence-corrected chi connectivity index (χ4v) is 3.27. The summed E-state index contributed by atoms with van der Waals surface area (Å²) in [6, 6.07) is 19.7. The molecule has 0 spiro atoms. The molecule has 0 bridgehead atoms. The van der Waals surface area contributed by atoms with E-state index in [4.69, 9.17) is 0 Å². The minimum Gasteiger partial charge on any atom is -0.0769 e. The Morgan fingerprint density at radius 1 is 0.857 bits per heavy atom. The van der Waals surface area contributed by atoms with Crippen LogP contribution in [0.15, 0.2) is 71.8 Å². The molecule has 1 aliphatic rings. The number of hydrogen-bond acceptors (Lipinski definition) is 0. The minimum absolute atomic E-state index is 0.427. The molecule has 21 heavy (non-hydrogen) atoms. The van der Waals surface area contributed by atoms with Gasteiger partial charge in [0.15, 0.2) is 0 Å². The molecule has 0 saturated carbocycles. The average Bonchev–Trinajstić information content (AvgIpc) is 2.93. The van der Waals surface area contributed by atoms with Crippen LogP contribution in [0.5, 0.6) is 0 Å². The highest BCUT2D eigenvalue weighted by atomic mass is 14.3. The Kier molecular flexibility index (Phi) is 3.79. The van der Waals surface area contributed by atoms with Crippen molar-refractivity contribution >= 4 is 6.08 Å². The van der Waals surface area contributed by atoms with Gasteiger partial charge < -0.3 is 0 Å². The number of rotatable bonds is 3. The molecule has 0 fully saturated rings. The average molecular weight is 274 g/mol. The quantitative estimate of drug-likeness (QED) is 0.608. The molecular formula is C21H22. The van der Waals surface area contributed by atoms with Crippen molar-refractivity contribution < 1.29 is 0 Å². The van der Waals surface area contributed by atoms with E-state index in [1.54, 1.807) is 0 Å². The topological polar surface area (TPSA) is 0 Å². The Bertz CT molecular complexity index is 685. The van der Waals surface area contributed by atoms with Gasteiger partial charge in [-0.25, -0.2) is 0 Å². The van der Waals surface area contributed by atoms with E-state index < -0.39 is 0 Å². The summed E-state index contributed by atoms with van der Waals surface area (Å²) in [5.74, 6) is 0.870. The van der Waals surface area contributed by atoms with Gasteiger partial charge in [0.2, 0.25) is 0 Å². The molecule has 3 rings (SSSR count). The number of benzene rings is 2. The lowest BCUT2D eigenvalue weighted by Gasteiger charge is -2.26. The molecule has 106 valence electrons. The van der Waals surface area contributed by atoms with Gasteiger partial charge in [-0.2, -0.15) is 0 Å². The van der Waals surface area contributed by atoms with Gasteiger partial charge in [-0.3, -0.25) is 0 Å². The van der Waals surface area contributed by atoms with E-state index >= 15 is 0 Å². The van der Waals surface area contributed by atoms with Crippen LogP contribution in [-0.2, 0) is 0 Å². The van der Waals surface area contributed by atoms with Crippen LogP contribution in [0, 0.1) is 0 Å². The summed E-state index contributed by atoms with van der Waals surface area (Å²) in [5.41, 5.74) is 7.12. The van der Waals surface area contributed by atoms with E-state index in [1.807, 2.05) is 0 Å². The SMILES string of the molecule is CC(C)=C(C)C(c1ccccc1)C1C=Cc2ccccc21. The molecular weight excluding hydrogens is 252 g/mol. The van der Waals surface area contributed by atoms with Gasteiger partial charge in [-0.1, -0.05) is 77.9 Å². The highest BCUT2D eigenvalue weighted by Gasteiger charge is 2.28. The van der Waals surface area contributed by atoms with Crippen LogP contribution in [0.3, 0.4) is 0 Å². The summed E-state index contributed by atoms with van der Waals surface area (Å²) < 4.78 is 0. The van der Waals surface area contributed by atoms with Crippen molar-refractivity contribution in [2.45, 2.75) is 32.6 Å². The highest BCUT2D eigenvalue weighted by Crippen LogP contribution is 2.44. The van der Waals surface area contributed by atoms with Crippen LogP contribution < -0.4 is 0 Å². The van der Waals surface area contributed by atoms with Crippen LogP contribution in [0.2, 0.25) is 0 Å². The Morgan fingerprint density at radius 3 is 2.24 bits per heavy atom. The Labute approximate surface area is 127 Å². The second kappa shape index (κ2) is 5.73. The largest absolute Gasteiger partial charge is 0.0769 e. The third-order valence-corrected chi connectivity index (χ3v) is 4.61. The molecule has 0 radical (unpaired) electrons. The summed E-state index contributed by atoms with van der Waals surface area (Å²) >= 11 is 0. The van der Waals surface area contributed by atoms with E-state index in [-0.39, 0.29) is 0 Å². The third-order valence-electron chi connectivity index (χ3n) is 4.61. The van der Waals surface area contributed by atoms with Crippen LogP contribution in [0.25, 0.3) is 6.08 Å². The number of fused-ring (bicyclic) bond motifs is 1. The van der Waals surface area contributed by atoms with Gasteiger partial charge in [-0.05, 0) is 37.5 Å². The van der Waals surface area contributed by atoms with Gasteiger partial charge in [0.05, 0.1) is 0 Å². The first-order valence-electron chi connectivity index (χ1n) is 7.64. The first kappa shape index (κ1) is 13.9. The van der Waals surface area contributed by atoms with E-state index in [0.717, 1.165) is 0 Å². The van der Waals surface area contributed by atoms with Crippen molar-refractivity contribution in [3.05, 3.63) is 88.5 Å². The second-order valence-corrected chi connectivity index (χ2v) is 6.09. The summed E-state index contributed by atoms with van der Waals surface area (Å²) in [5, 5.41) is 0.